The van der Waals surface area contributed by atoms with Crippen LogP contribution in [0.4, 0.5) is 0 Å². The molecule has 0 aromatic heterocycles. The summed E-state index contributed by atoms with van der Waals surface area (Å²) in [6.45, 7) is 7.68. The fourth-order valence-corrected chi connectivity index (χ4v) is 11.4. The lowest BCUT2D eigenvalue weighted by Gasteiger charge is -2.65. The second-order valence-corrected chi connectivity index (χ2v) is 14.1. The van der Waals surface area contributed by atoms with Gasteiger partial charge in [-0.2, -0.15) is 0 Å². The smallest absolute Gasteiger partial charge is 0.00207 e. The van der Waals surface area contributed by atoms with Crippen molar-refractivity contribution in [1.29, 1.82) is 0 Å². The van der Waals surface area contributed by atoms with E-state index in [-0.39, 0.29) is 0 Å². The molecular weight excluding hydrogens is 408 g/mol. The van der Waals surface area contributed by atoms with Crippen molar-refractivity contribution in [3.63, 3.8) is 0 Å². The first-order valence-corrected chi connectivity index (χ1v) is 16.3. The number of hydrogen-bond donors (Lipinski definition) is 0. The van der Waals surface area contributed by atoms with Crippen LogP contribution in [0.25, 0.3) is 0 Å². The highest BCUT2D eigenvalue weighted by Gasteiger charge is 2.64. The highest BCUT2D eigenvalue weighted by atomic mass is 14.7. The Morgan fingerprint density at radius 2 is 1.24 bits per heavy atom. The monoisotopic (exact) mass is 466 g/mol. The van der Waals surface area contributed by atoms with Crippen molar-refractivity contribution in [3.05, 3.63) is 11.1 Å². The van der Waals surface area contributed by atoms with Gasteiger partial charge >= 0.3 is 0 Å². The van der Waals surface area contributed by atoms with Gasteiger partial charge in [-0.3, -0.25) is 0 Å². The summed E-state index contributed by atoms with van der Waals surface area (Å²) in [5.41, 5.74) is 5.10. The summed E-state index contributed by atoms with van der Waals surface area (Å²) in [4.78, 5) is 0. The van der Waals surface area contributed by atoms with E-state index in [9.17, 15) is 0 Å². The summed E-state index contributed by atoms with van der Waals surface area (Å²) in [5, 5.41) is 0. The van der Waals surface area contributed by atoms with E-state index >= 15 is 0 Å². The van der Waals surface area contributed by atoms with Crippen LogP contribution in [0.1, 0.15) is 162 Å². The molecule has 5 aliphatic rings. The maximum atomic E-state index is 2.60. The van der Waals surface area contributed by atoms with Crippen LogP contribution in [0.2, 0.25) is 0 Å². The molecule has 0 N–H and O–H groups in total. The summed E-state index contributed by atoms with van der Waals surface area (Å²) in [5.74, 6) is 5.06. The van der Waals surface area contributed by atoms with E-state index in [1.54, 1.807) is 63.4 Å². The molecule has 0 aliphatic heterocycles. The summed E-state index contributed by atoms with van der Waals surface area (Å²) in [7, 11) is 0. The number of rotatable bonds is 6. The summed E-state index contributed by atoms with van der Waals surface area (Å²) in [6, 6.07) is 0. The zero-order valence-electron chi connectivity index (χ0n) is 23.4. The van der Waals surface area contributed by atoms with Crippen molar-refractivity contribution in [3.8, 4) is 0 Å². The van der Waals surface area contributed by atoms with Crippen molar-refractivity contribution < 1.29 is 0 Å². The van der Waals surface area contributed by atoms with E-state index in [1.165, 1.54) is 83.5 Å². The average Bonchev–Trinajstić information content (AvgIpc) is 3.32. The third-order valence-electron chi connectivity index (χ3n) is 12.3. The number of allylic oxidation sites excluding steroid dienone is 2. The Morgan fingerprint density at radius 3 is 1.82 bits per heavy atom. The van der Waals surface area contributed by atoms with Crippen LogP contribution in [0, 0.1) is 40.4 Å². The van der Waals surface area contributed by atoms with Gasteiger partial charge in [-0.15, -0.1) is 0 Å². The van der Waals surface area contributed by atoms with E-state index in [1.807, 2.05) is 0 Å². The summed E-state index contributed by atoms with van der Waals surface area (Å²) < 4.78 is 0. The molecule has 34 heavy (non-hydrogen) atoms. The topological polar surface area (TPSA) is 0 Å². The minimum Gasteiger partial charge on any atom is -0.0761 e. The number of unbranched alkanes of at least 4 members (excludes halogenated alkanes) is 1. The molecule has 0 nitrogen and oxygen atoms in total. The van der Waals surface area contributed by atoms with Crippen LogP contribution < -0.4 is 0 Å². The van der Waals surface area contributed by atoms with E-state index in [0.29, 0.717) is 10.8 Å². The number of hydrogen-bond acceptors (Lipinski definition) is 0. The minimum atomic E-state index is 0.551. The molecule has 5 saturated carbocycles. The first-order chi connectivity index (χ1) is 16.6. The van der Waals surface area contributed by atoms with Gasteiger partial charge in [-0.25, -0.2) is 0 Å². The molecule has 0 saturated heterocycles. The molecule has 0 bridgehead atoms. The van der Waals surface area contributed by atoms with E-state index < -0.39 is 0 Å². The Labute approximate surface area is 213 Å². The molecule has 0 heterocycles. The van der Waals surface area contributed by atoms with Crippen LogP contribution in [0.15, 0.2) is 11.1 Å². The first-order valence-electron chi connectivity index (χ1n) is 16.3. The fraction of sp³-hybridized carbons (Fsp3) is 0.941. The third kappa shape index (κ3) is 4.28. The van der Waals surface area contributed by atoms with Gasteiger partial charge in [0, 0.05) is 0 Å². The van der Waals surface area contributed by atoms with Gasteiger partial charge in [-0.1, -0.05) is 108 Å². The maximum Gasteiger partial charge on any atom is -0.00207 e. The van der Waals surface area contributed by atoms with Gasteiger partial charge in [-0.05, 0) is 106 Å². The average molecular weight is 467 g/mol. The highest BCUT2D eigenvalue weighted by Crippen LogP contribution is 2.73. The molecule has 0 amide bonds. The Morgan fingerprint density at radius 1 is 0.676 bits per heavy atom. The second kappa shape index (κ2) is 11.0. The van der Waals surface area contributed by atoms with E-state index in [4.69, 9.17) is 0 Å². The minimum absolute atomic E-state index is 0.551. The molecule has 0 heteroatoms. The van der Waals surface area contributed by atoms with Crippen LogP contribution in [-0.2, 0) is 0 Å². The molecule has 5 rings (SSSR count). The molecule has 0 spiro atoms. The van der Waals surface area contributed by atoms with Gasteiger partial charge in [0.25, 0.3) is 0 Å². The van der Waals surface area contributed by atoms with Crippen LogP contribution >= 0.6 is 0 Å². The van der Waals surface area contributed by atoms with Crippen molar-refractivity contribution in [2.45, 2.75) is 162 Å². The predicted octanol–water partition coefficient (Wildman–Crippen LogP) is 11.0. The Hall–Kier alpha value is -0.260. The second-order valence-electron chi connectivity index (χ2n) is 14.1. The standard InChI is InChI=1S/C34H58/c1-4-5-23-34(29-20-13-8-14-21-29)31(27-16-9-6-10-17-27)25-30-22-15-24-33(30,32(34)26(2)3)28-18-11-7-12-19-28/h27-31H,4-25H2,1-3H3. The molecular formula is C34H58. The molecule has 194 valence electrons. The molecule has 4 unspecified atom stereocenters. The predicted molar refractivity (Wildman–Crippen MR) is 148 cm³/mol. The van der Waals surface area contributed by atoms with Crippen molar-refractivity contribution >= 4 is 0 Å². The van der Waals surface area contributed by atoms with Crippen molar-refractivity contribution in [2.24, 2.45) is 40.4 Å². The van der Waals surface area contributed by atoms with E-state index in [2.05, 4.69) is 26.3 Å². The lowest BCUT2D eigenvalue weighted by molar-refractivity contribution is -0.0773. The molecule has 0 radical (unpaired) electrons. The van der Waals surface area contributed by atoms with Gasteiger partial charge in [0.05, 0.1) is 0 Å². The molecule has 0 aromatic carbocycles. The van der Waals surface area contributed by atoms with Gasteiger partial charge in [0.1, 0.15) is 0 Å². The summed E-state index contributed by atoms with van der Waals surface area (Å²) in [6.07, 6.45) is 33.7. The third-order valence-corrected chi connectivity index (χ3v) is 12.3. The Kier molecular flexibility index (Phi) is 8.22. The molecule has 0 aromatic rings. The zero-order chi connectivity index (χ0) is 23.6. The van der Waals surface area contributed by atoms with Crippen molar-refractivity contribution in [1.82, 2.24) is 0 Å². The van der Waals surface area contributed by atoms with Crippen LogP contribution in [0.3, 0.4) is 0 Å². The molecule has 4 atom stereocenters. The van der Waals surface area contributed by atoms with Crippen molar-refractivity contribution in [2.75, 3.05) is 0 Å². The quantitative estimate of drug-likeness (QED) is 0.341. The van der Waals surface area contributed by atoms with Crippen LogP contribution in [-0.4, -0.2) is 0 Å². The maximum absolute atomic E-state index is 2.60. The Bertz CT molecular complexity index is 679. The van der Waals surface area contributed by atoms with Gasteiger partial charge in [0.2, 0.25) is 0 Å². The largest absolute Gasteiger partial charge is 0.0761 e. The number of fused-ring (bicyclic) bond motifs is 1. The highest BCUT2D eigenvalue weighted by molar-refractivity contribution is 5.37. The fourth-order valence-electron chi connectivity index (χ4n) is 11.4. The first kappa shape index (κ1) is 25.4. The SMILES string of the molecule is CCCCC1(C2CCCCC2)C(=C(C)C)C2(C3CCCCC3)CCCC2CC1C1CCCCC1. The van der Waals surface area contributed by atoms with E-state index in [0.717, 1.165) is 29.6 Å². The Balaban J connectivity index is 1.68. The normalized spacial score (nSPS) is 38.7. The lowest BCUT2D eigenvalue weighted by Crippen LogP contribution is -2.57. The zero-order valence-corrected chi connectivity index (χ0v) is 23.4. The van der Waals surface area contributed by atoms with Gasteiger partial charge in [0.15, 0.2) is 0 Å². The summed E-state index contributed by atoms with van der Waals surface area (Å²) >= 11 is 0. The molecule has 5 fully saturated rings. The van der Waals surface area contributed by atoms with Crippen LogP contribution in [0.5, 0.6) is 0 Å². The molecule has 5 aliphatic carbocycles. The van der Waals surface area contributed by atoms with Gasteiger partial charge < -0.3 is 0 Å². The lowest BCUT2D eigenvalue weighted by atomic mass is 9.39.